The van der Waals surface area contributed by atoms with Crippen molar-refractivity contribution >= 4 is 5.91 Å². The lowest BCUT2D eigenvalue weighted by Gasteiger charge is -2.31. The van der Waals surface area contributed by atoms with Gasteiger partial charge < -0.3 is 15.0 Å². The second-order valence-corrected chi connectivity index (χ2v) is 6.60. The van der Waals surface area contributed by atoms with Gasteiger partial charge in [0, 0.05) is 26.2 Å². The van der Waals surface area contributed by atoms with Crippen molar-refractivity contribution in [2.75, 3.05) is 32.8 Å². The molecule has 1 amide bonds. The number of piperidine rings is 1. The van der Waals surface area contributed by atoms with E-state index in [2.05, 4.69) is 10.2 Å². The maximum Gasteiger partial charge on any atom is 0.220 e. The minimum absolute atomic E-state index is 0.119. The molecule has 0 radical (unpaired) electrons. The number of hydrogen-bond acceptors (Lipinski definition) is 3. The van der Waals surface area contributed by atoms with Crippen molar-refractivity contribution in [1.29, 1.82) is 0 Å². The average Bonchev–Trinajstić information content (AvgIpc) is 2.95. The van der Waals surface area contributed by atoms with Crippen molar-refractivity contribution in [3.63, 3.8) is 0 Å². The summed E-state index contributed by atoms with van der Waals surface area (Å²) in [7, 11) is 0. The van der Waals surface area contributed by atoms with E-state index in [9.17, 15) is 4.79 Å². The summed E-state index contributed by atoms with van der Waals surface area (Å²) in [4.78, 5) is 14.6. The minimum Gasteiger partial charge on any atom is -0.381 e. The summed E-state index contributed by atoms with van der Waals surface area (Å²) in [5.74, 6) is 0.691. The highest BCUT2D eigenvalue weighted by Gasteiger charge is 2.45. The van der Waals surface area contributed by atoms with E-state index in [1.807, 2.05) is 0 Å². The maximum absolute atomic E-state index is 12.1. The van der Waals surface area contributed by atoms with Gasteiger partial charge in [-0.2, -0.15) is 0 Å². The smallest absolute Gasteiger partial charge is 0.220 e. The normalized spacial score (nSPS) is 30.2. The highest BCUT2D eigenvalue weighted by Crippen LogP contribution is 2.37. The summed E-state index contributed by atoms with van der Waals surface area (Å²) >= 11 is 0. The zero-order valence-electron chi connectivity index (χ0n) is 11.8. The van der Waals surface area contributed by atoms with Crippen LogP contribution in [0.25, 0.3) is 0 Å². The maximum atomic E-state index is 12.1. The molecule has 108 valence electrons. The van der Waals surface area contributed by atoms with E-state index in [0.29, 0.717) is 12.3 Å². The molecule has 3 rings (SSSR count). The van der Waals surface area contributed by atoms with Gasteiger partial charge in [0.15, 0.2) is 0 Å². The van der Waals surface area contributed by atoms with E-state index in [0.717, 1.165) is 39.0 Å². The molecule has 2 aliphatic heterocycles. The Balaban J connectivity index is 1.43. The molecular weight excluding hydrogens is 240 g/mol. The van der Waals surface area contributed by atoms with Crippen LogP contribution >= 0.6 is 0 Å². The molecule has 0 aromatic carbocycles. The summed E-state index contributed by atoms with van der Waals surface area (Å²) < 4.78 is 5.34. The highest BCUT2D eigenvalue weighted by molar-refractivity contribution is 5.77. The van der Waals surface area contributed by atoms with Crippen LogP contribution in [-0.2, 0) is 9.53 Å². The summed E-state index contributed by atoms with van der Waals surface area (Å²) in [6.07, 6.45) is 8.05. The van der Waals surface area contributed by atoms with Crippen LogP contribution in [0.15, 0.2) is 0 Å². The number of carbonyl (C=O) groups is 1. The lowest BCUT2D eigenvalue weighted by atomic mass is 10.0. The summed E-state index contributed by atoms with van der Waals surface area (Å²) in [6.45, 7) is 5.10. The molecule has 1 aliphatic carbocycles. The fourth-order valence-electron chi connectivity index (χ4n) is 3.37. The largest absolute Gasteiger partial charge is 0.381 e. The fourth-order valence-corrected chi connectivity index (χ4v) is 3.37. The first-order valence-corrected chi connectivity index (χ1v) is 7.87. The molecule has 2 heterocycles. The van der Waals surface area contributed by atoms with E-state index in [1.54, 1.807) is 0 Å². The van der Waals surface area contributed by atoms with Crippen molar-refractivity contribution in [1.82, 2.24) is 10.2 Å². The predicted molar refractivity (Wildman–Crippen MR) is 73.9 cm³/mol. The van der Waals surface area contributed by atoms with Crippen molar-refractivity contribution < 1.29 is 9.53 Å². The monoisotopic (exact) mass is 266 g/mol. The number of rotatable bonds is 5. The van der Waals surface area contributed by atoms with Crippen LogP contribution in [0.1, 0.15) is 44.9 Å². The van der Waals surface area contributed by atoms with E-state index in [1.165, 1.54) is 32.4 Å². The summed E-state index contributed by atoms with van der Waals surface area (Å²) in [6, 6.07) is 0. The number of nitrogens with one attached hydrogen (secondary N) is 1. The predicted octanol–water partition coefficient (Wildman–Crippen LogP) is 1.55. The molecule has 4 heteroatoms. The van der Waals surface area contributed by atoms with Crippen LogP contribution in [0.4, 0.5) is 0 Å². The van der Waals surface area contributed by atoms with Gasteiger partial charge in [-0.3, -0.25) is 4.79 Å². The van der Waals surface area contributed by atoms with E-state index >= 15 is 0 Å². The Morgan fingerprint density at radius 1 is 1.26 bits per heavy atom. The first kappa shape index (κ1) is 13.4. The Kier molecular flexibility index (Phi) is 4.08. The molecule has 0 spiro atoms. The van der Waals surface area contributed by atoms with Crippen molar-refractivity contribution in [2.45, 2.75) is 50.5 Å². The number of amides is 1. The van der Waals surface area contributed by atoms with Gasteiger partial charge >= 0.3 is 0 Å². The Morgan fingerprint density at radius 3 is 2.68 bits per heavy atom. The van der Waals surface area contributed by atoms with Gasteiger partial charge in [0.2, 0.25) is 5.91 Å². The molecule has 3 aliphatic rings. The van der Waals surface area contributed by atoms with Gasteiger partial charge in [0.25, 0.3) is 0 Å². The lowest BCUT2D eigenvalue weighted by Crippen LogP contribution is -2.47. The van der Waals surface area contributed by atoms with Gasteiger partial charge in [-0.1, -0.05) is 6.42 Å². The highest BCUT2D eigenvalue weighted by atomic mass is 16.5. The Hall–Kier alpha value is -0.610. The van der Waals surface area contributed by atoms with Crippen molar-refractivity contribution in [3.8, 4) is 0 Å². The number of likely N-dealkylation sites (tertiary alicyclic amines) is 1. The number of ether oxygens (including phenoxy) is 1. The zero-order valence-corrected chi connectivity index (χ0v) is 11.8. The molecule has 0 bridgehead atoms. The molecular formula is C15H26N2O2. The Bertz CT molecular complexity index is 316. The second kappa shape index (κ2) is 5.80. The molecule has 4 nitrogen and oxygen atoms in total. The topological polar surface area (TPSA) is 41.6 Å². The third-order valence-corrected chi connectivity index (χ3v) is 4.73. The van der Waals surface area contributed by atoms with Gasteiger partial charge in [0.05, 0.1) is 5.54 Å². The molecule has 19 heavy (non-hydrogen) atoms. The first-order valence-electron chi connectivity index (χ1n) is 7.87. The molecule has 0 aromatic heterocycles. The van der Waals surface area contributed by atoms with Crippen molar-refractivity contribution in [3.05, 3.63) is 0 Å². The Labute approximate surface area is 115 Å². The van der Waals surface area contributed by atoms with Crippen LogP contribution < -0.4 is 5.32 Å². The third kappa shape index (κ3) is 3.69. The van der Waals surface area contributed by atoms with Crippen LogP contribution in [0.3, 0.4) is 0 Å². The van der Waals surface area contributed by atoms with Crippen LogP contribution in [0.5, 0.6) is 0 Å². The molecule has 1 N–H and O–H groups in total. The number of nitrogens with zero attached hydrogens (tertiary/aromatic N) is 1. The fraction of sp³-hybridized carbons (Fsp3) is 0.933. The molecule has 1 saturated carbocycles. The first-order chi connectivity index (χ1) is 9.26. The molecule has 1 atom stereocenters. The summed E-state index contributed by atoms with van der Waals surface area (Å²) in [5, 5.41) is 3.31. The van der Waals surface area contributed by atoms with Crippen LogP contribution in [-0.4, -0.2) is 49.2 Å². The zero-order chi connectivity index (χ0) is 13.1. The van der Waals surface area contributed by atoms with E-state index in [4.69, 9.17) is 4.74 Å². The molecule has 2 saturated heterocycles. The molecule has 3 fully saturated rings. The van der Waals surface area contributed by atoms with Crippen LogP contribution in [0.2, 0.25) is 0 Å². The van der Waals surface area contributed by atoms with E-state index in [-0.39, 0.29) is 11.4 Å². The number of hydrogen-bond donors (Lipinski definition) is 1. The Morgan fingerprint density at radius 2 is 2.05 bits per heavy atom. The van der Waals surface area contributed by atoms with Crippen LogP contribution in [0, 0.1) is 5.92 Å². The standard InChI is InChI=1S/C15H26N2O2/c18-14(10-13-4-9-19-11-13)16-15(5-6-15)12-17-7-2-1-3-8-17/h13H,1-12H2,(H,16,18)/t13-/m1/s1. The minimum atomic E-state index is 0.119. The average molecular weight is 266 g/mol. The summed E-state index contributed by atoms with van der Waals surface area (Å²) in [5.41, 5.74) is 0.119. The number of carbonyl (C=O) groups excluding carboxylic acids is 1. The van der Waals surface area contributed by atoms with Crippen molar-refractivity contribution in [2.24, 2.45) is 5.92 Å². The SMILES string of the molecule is O=C(C[C@H]1CCOC1)NC1(CN2CCCCC2)CC1. The van der Waals surface area contributed by atoms with Gasteiger partial charge in [-0.05, 0) is 51.1 Å². The molecule has 0 unspecified atom stereocenters. The quantitative estimate of drug-likeness (QED) is 0.821. The lowest BCUT2D eigenvalue weighted by molar-refractivity contribution is -0.123. The van der Waals surface area contributed by atoms with Gasteiger partial charge in [-0.25, -0.2) is 0 Å². The van der Waals surface area contributed by atoms with Gasteiger partial charge in [0.1, 0.15) is 0 Å². The van der Waals surface area contributed by atoms with E-state index < -0.39 is 0 Å². The molecule has 0 aromatic rings. The van der Waals surface area contributed by atoms with Gasteiger partial charge in [-0.15, -0.1) is 0 Å². The third-order valence-electron chi connectivity index (χ3n) is 4.73. The second-order valence-electron chi connectivity index (χ2n) is 6.60.